The smallest absolute Gasteiger partial charge is 0.168 e. The molecule has 0 radical (unpaired) electrons. The summed E-state index contributed by atoms with van der Waals surface area (Å²) < 4.78 is 1.85. The van der Waals surface area contributed by atoms with Gasteiger partial charge in [0.25, 0.3) is 0 Å². The Labute approximate surface area is 140 Å². The SMILES string of the molecule is OCCC1CCCCN1c1ncnc2c1cnn2-c1ccccc1. The van der Waals surface area contributed by atoms with Crippen molar-refractivity contribution in [1.82, 2.24) is 19.7 Å². The molecule has 2 aromatic heterocycles. The molecule has 1 unspecified atom stereocenters. The van der Waals surface area contributed by atoms with Gasteiger partial charge in [-0.05, 0) is 37.8 Å². The summed E-state index contributed by atoms with van der Waals surface area (Å²) in [7, 11) is 0. The molecule has 0 amide bonds. The first-order valence-corrected chi connectivity index (χ1v) is 8.50. The van der Waals surface area contributed by atoms with Crippen LogP contribution in [0.1, 0.15) is 25.7 Å². The standard InChI is InChI=1S/C18H21N5O/c24-11-9-14-6-4-5-10-22(14)17-16-12-21-23(18(16)20-13-19-17)15-7-2-1-3-8-15/h1-3,7-8,12-14,24H,4-6,9-11H2. The Hall–Kier alpha value is -2.47. The van der Waals surface area contributed by atoms with Gasteiger partial charge >= 0.3 is 0 Å². The zero-order valence-corrected chi connectivity index (χ0v) is 13.5. The molecule has 1 fully saturated rings. The van der Waals surface area contributed by atoms with Crippen molar-refractivity contribution in [2.24, 2.45) is 0 Å². The molecule has 1 saturated heterocycles. The van der Waals surface area contributed by atoms with Crippen molar-refractivity contribution in [3.05, 3.63) is 42.9 Å². The molecule has 4 rings (SSSR count). The lowest BCUT2D eigenvalue weighted by atomic mass is 9.99. The summed E-state index contributed by atoms with van der Waals surface area (Å²) in [4.78, 5) is 11.3. The monoisotopic (exact) mass is 323 g/mol. The number of anilines is 1. The largest absolute Gasteiger partial charge is 0.396 e. The van der Waals surface area contributed by atoms with Gasteiger partial charge in [0, 0.05) is 19.2 Å². The highest BCUT2D eigenvalue weighted by Crippen LogP contribution is 2.30. The van der Waals surface area contributed by atoms with Crippen LogP contribution < -0.4 is 4.90 Å². The van der Waals surface area contributed by atoms with E-state index >= 15 is 0 Å². The Morgan fingerprint density at radius 2 is 2.00 bits per heavy atom. The Balaban J connectivity index is 1.78. The summed E-state index contributed by atoms with van der Waals surface area (Å²) >= 11 is 0. The van der Waals surface area contributed by atoms with Gasteiger partial charge in [0.1, 0.15) is 12.1 Å². The van der Waals surface area contributed by atoms with Gasteiger partial charge < -0.3 is 10.0 Å². The number of piperidine rings is 1. The molecule has 0 bridgehead atoms. The van der Waals surface area contributed by atoms with Gasteiger partial charge in [-0.25, -0.2) is 14.6 Å². The van der Waals surface area contributed by atoms with E-state index in [0.29, 0.717) is 6.04 Å². The fourth-order valence-corrected chi connectivity index (χ4v) is 3.55. The topological polar surface area (TPSA) is 67.1 Å². The third-order valence-corrected chi connectivity index (χ3v) is 4.71. The van der Waals surface area contributed by atoms with Crippen LogP contribution in [0.3, 0.4) is 0 Å². The Morgan fingerprint density at radius 3 is 2.83 bits per heavy atom. The van der Waals surface area contributed by atoms with Crippen molar-refractivity contribution in [1.29, 1.82) is 0 Å². The zero-order valence-electron chi connectivity index (χ0n) is 13.5. The molecule has 6 nitrogen and oxygen atoms in total. The molecule has 1 aliphatic heterocycles. The van der Waals surface area contributed by atoms with E-state index in [9.17, 15) is 5.11 Å². The van der Waals surface area contributed by atoms with Crippen LogP contribution in [0.5, 0.6) is 0 Å². The van der Waals surface area contributed by atoms with Crippen LogP contribution in [0.2, 0.25) is 0 Å². The molecule has 0 saturated carbocycles. The lowest BCUT2D eigenvalue weighted by molar-refractivity contribution is 0.262. The summed E-state index contributed by atoms with van der Waals surface area (Å²) in [5.41, 5.74) is 1.81. The van der Waals surface area contributed by atoms with Gasteiger partial charge in [0.2, 0.25) is 0 Å². The number of aliphatic hydroxyl groups excluding tert-OH is 1. The van der Waals surface area contributed by atoms with Crippen molar-refractivity contribution in [2.45, 2.75) is 31.7 Å². The molecule has 1 aliphatic rings. The van der Waals surface area contributed by atoms with Crippen molar-refractivity contribution >= 4 is 16.9 Å². The highest BCUT2D eigenvalue weighted by Gasteiger charge is 2.25. The molecule has 0 spiro atoms. The highest BCUT2D eigenvalue weighted by molar-refractivity contribution is 5.87. The molecule has 1 aromatic carbocycles. The van der Waals surface area contributed by atoms with E-state index in [4.69, 9.17) is 0 Å². The molecular weight excluding hydrogens is 302 g/mol. The van der Waals surface area contributed by atoms with Crippen molar-refractivity contribution in [3.63, 3.8) is 0 Å². The number of aliphatic hydroxyl groups is 1. The molecule has 0 aliphatic carbocycles. The average molecular weight is 323 g/mol. The van der Waals surface area contributed by atoms with Crippen molar-refractivity contribution in [3.8, 4) is 5.69 Å². The van der Waals surface area contributed by atoms with Crippen LogP contribution in [0.15, 0.2) is 42.9 Å². The first-order valence-electron chi connectivity index (χ1n) is 8.50. The number of fused-ring (bicyclic) bond motifs is 1. The van der Waals surface area contributed by atoms with Crippen LogP contribution in [0.4, 0.5) is 5.82 Å². The van der Waals surface area contributed by atoms with E-state index in [-0.39, 0.29) is 6.61 Å². The summed E-state index contributed by atoms with van der Waals surface area (Å²) in [6.07, 6.45) is 7.70. The molecule has 1 N–H and O–H groups in total. The lowest BCUT2D eigenvalue weighted by Crippen LogP contribution is -2.40. The van der Waals surface area contributed by atoms with E-state index in [1.807, 2.05) is 41.2 Å². The summed E-state index contributed by atoms with van der Waals surface area (Å²) in [6, 6.07) is 10.3. The Morgan fingerprint density at radius 1 is 1.12 bits per heavy atom. The summed E-state index contributed by atoms with van der Waals surface area (Å²) in [5.74, 6) is 0.931. The van der Waals surface area contributed by atoms with E-state index in [1.54, 1.807) is 6.33 Å². The van der Waals surface area contributed by atoms with Gasteiger partial charge in [0.05, 0.1) is 17.3 Å². The normalized spacial score (nSPS) is 18.2. The summed E-state index contributed by atoms with van der Waals surface area (Å²) in [5, 5.41) is 14.9. The molecule has 3 aromatic rings. The maximum atomic E-state index is 9.37. The van der Waals surface area contributed by atoms with Crippen LogP contribution in [0.25, 0.3) is 16.7 Å². The molecule has 1 atom stereocenters. The maximum Gasteiger partial charge on any atom is 0.168 e. The van der Waals surface area contributed by atoms with E-state index in [0.717, 1.165) is 48.3 Å². The molecule has 6 heteroatoms. The second kappa shape index (κ2) is 6.57. The van der Waals surface area contributed by atoms with Gasteiger partial charge in [-0.3, -0.25) is 0 Å². The number of benzene rings is 1. The molecule has 124 valence electrons. The fraction of sp³-hybridized carbons (Fsp3) is 0.389. The van der Waals surface area contributed by atoms with Gasteiger partial charge in [0.15, 0.2) is 5.65 Å². The van der Waals surface area contributed by atoms with Crippen molar-refractivity contribution < 1.29 is 5.11 Å². The first-order chi connectivity index (χ1) is 11.9. The minimum absolute atomic E-state index is 0.207. The Kier molecular flexibility index (Phi) is 4.13. The quantitative estimate of drug-likeness (QED) is 0.799. The molecular formula is C18H21N5O. The second-order valence-electron chi connectivity index (χ2n) is 6.18. The number of hydrogen-bond acceptors (Lipinski definition) is 5. The van der Waals surface area contributed by atoms with Crippen LogP contribution in [0, 0.1) is 0 Å². The fourth-order valence-electron chi connectivity index (χ4n) is 3.55. The minimum Gasteiger partial charge on any atom is -0.396 e. The van der Waals surface area contributed by atoms with Crippen molar-refractivity contribution in [2.75, 3.05) is 18.1 Å². The number of nitrogens with zero attached hydrogens (tertiary/aromatic N) is 5. The number of hydrogen-bond donors (Lipinski definition) is 1. The van der Waals surface area contributed by atoms with Gasteiger partial charge in [-0.15, -0.1) is 0 Å². The van der Waals surface area contributed by atoms with Crippen LogP contribution >= 0.6 is 0 Å². The highest BCUT2D eigenvalue weighted by atomic mass is 16.3. The predicted octanol–water partition coefficient (Wildman–Crippen LogP) is 2.56. The van der Waals surface area contributed by atoms with E-state index < -0.39 is 0 Å². The Bertz CT molecular complexity index is 815. The molecule has 24 heavy (non-hydrogen) atoms. The zero-order chi connectivity index (χ0) is 16.4. The maximum absolute atomic E-state index is 9.37. The van der Waals surface area contributed by atoms with E-state index in [2.05, 4.69) is 20.0 Å². The van der Waals surface area contributed by atoms with E-state index in [1.165, 1.54) is 6.42 Å². The lowest BCUT2D eigenvalue weighted by Gasteiger charge is -2.36. The third-order valence-electron chi connectivity index (χ3n) is 4.71. The minimum atomic E-state index is 0.207. The summed E-state index contributed by atoms with van der Waals surface area (Å²) in [6.45, 7) is 1.17. The number of aromatic nitrogens is 4. The number of para-hydroxylation sites is 1. The molecule has 3 heterocycles. The predicted molar refractivity (Wildman–Crippen MR) is 93.3 cm³/mol. The average Bonchev–Trinajstić information content (AvgIpc) is 3.07. The van der Waals surface area contributed by atoms with Gasteiger partial charge in [-0.1, -0.05) is 18.2 Å². The second-order valence-corrected chi connectivity index (χ2v) is 6.18. The first kappa shape index (κ1) is 15.1. The van der Waals surface area contributed by atoms with Crippen LogP contribution in [-0.2, 0) is 0 Å². The third kappa shape index (κ3) is 2.63. The van der Waals surface area contributed by atoms with Gasteiger partial charge in [-0.2, -0.15) is 5.10 Å². The number of rotatable bonds is 4. The van der Waals surface area contributed by atoms with Crippen LogP contribution in [-0.4, -0.2) is 44.0 Å².